The van der Waals surface area contributed by atoms with Crippen molar-refractivity contribution in [3.8, 4) is 0 Å². The van der Waals surface area contributed by atoms with Gasteiger partial charge >= 0.3 is 0 Å². The van der Waals surface area contributed by atoms with Crippen LogP contribution in [-0.4, -0.2) is 17.4 Å². The number of hydrogen-bond donors (Lipinski definition) is 2. The topological polar surface area (TPSA) is 36.4 Å². The van der Waals surface area contributed by atoms with Crippen molar-refractivity contribution in [1.82, 2.24) is 10.7 Å². The number of rotatable bonds is 5. The van der Waals surface area contributed by atoms with E-state index in [2.05, 4.69) is 45.3 Å². The molecule has 1 aromatic rings. The molecule has 0 heterocycles. The van der Waals surface area contributed by atoms with Gasteiger partial charge in [0.25, 0.3) is 0 Å². The summed E-state index contributed by atoms with van der Waals surface area (Å²) in [4.78, 5) is 0. The summed E-state index contributed by atoms with van der Waals surface area (Å²) in [5.41, 5.74) is 4.88. The molecular formula is C13H16BrN3S. The molecule has 0 saturated carbocycles. The Morgan fingerprint density at radius 2 is 2.11 bits per heavy atom. The van der Waals surface area contributed by atoms with Gasteiger partial charge in [0.05, 0.1) is 5.71 Å². The van der Waals surface area contributed by atoms with Crippen molar-refractivity contribution < 1.29 is 0 Å². The lowest BCUT2D eigenvalue weighted by Gasteiger charge is -2.07. The summed E-state index contributed by atoms with van der Waals surface area (Å²) < 4.78 is 1.05. The number of nitrogens with zero attached hydrogens (tertiary/aromatic N) is 1. The molecule has 2 N–H and O–H groups in total. The summed E-state index contributed by atoms with van der Waals surface area (Å²) in [5.74, 6) is 0. The summed E-state index contributed by atoms with van der Waals surface area (Å²) in [6.45, 7) is 6.29. The summed E-state index contributed by atoms with van der Waals surface area (Å²) in [7, 11) is 0. The van der Waals surface area contributed by atoms with Crippen LogP contribution < -0.4 is 10.7 Å². The van der Waals surface area contributed by atoms with Crippen LogP contribution in [0.2, 0.25) is 0 Å². The Balaban J connectivity index is 2.68. The van der Waals surface area contributed by atoms with Gasteiger partial charge < -0.3 is 5.32 Å². The van der Waals surface area contributed by atoms with Gasteiger partial charge in [0, 0.05) is 11.0 Å². The van der Waals surface area contributed by atoms with E-state index in [1.165, 1.54) is 0 Å². The van der Waals surface area contributed by atoms with Gasteiger partial charge in [0.2, 0.25) is 0 Å². The van der Waals surface area contributed by atoms with Crippen LogP contribution in [0.1, 0.15) is 18.9 Å². The number of thiocarbonyl (C=S) groups is 1. The van der Waals surface area contributed by atoms with E-state index in [-0.39, 0.29) is 0 Å². The molecule has 0 bridgehead atoms. The largest absolute Gasteiger partial charge is 0.358 e. The average Bonchev–Trinajstić information content (AvgIpc) is 2.39. The molecule has 0 aliphatic rings. The second kappa shape index (κ2) is 8.00. The lowest BCUT2D eigenvalue weighted by Crippen LogP contribution is -2.32. The molecule has 0 spiro atoms. The Morgan fingerprint density at radius 3 is 2.67 bits per heavy atom. The van der Waals surface area contributed by atoms with Crippen molar-refractivity contribution in [2.75, 3.05) is 6.54 Å². The highest BCUT2D eigenvalue weighted by Crippen LogP contribution is 2.12. The van der Waals surface area contributed by atoms with Gasteiger partial charge in [-0.1, -0.05) is 41.1 Å². The lowest BCUT2D eigenvalue weighted by atomic mass is 10.1. The van der Waals surface area contributed by atoms with Crippen molar-refractivity contribution in [2.45, 2.75) is 13.3 Å². The maximum Gasteiger partial charge on any atom is 0.187 e. The Kier molecular flexibility index (Phi) is 6.60. The normalized spacial score (nSPS) is 10.9. The van der Waals surface area contributed by atoms with Gasteiger partial charge in [0.1, 0.15) is 0 Å². The third kappa shape index (κ3) is 4.98. The van der Waals surface area contributed by atoms with Crippen molar-refractivity contribution in [2.24, 2.45) is 5.10 Å². The first-order valence-corrected chi connectivity index (χ1v) is 6.84. The van der Waals surface area contributed by atoms with Crippen molar-refractivity contribution in [3.05, 3.63) is 47.0 Å². The minimum atomic E-state index is 0.498. The zero-order valence-corrected chi connectivity index (χ0v) is 12.6. The van der Waals surface area contributed by atoms with E-state index in [1.807, 2.05) is 24.3 Å². The summed E-state index contributed by atoms with van der Waals surface area (Å²) >= 11 is 8.48. The van der Waals surface area contributed by atoms with E-state index in [1.54, 1.807) is 6.08 Å². The number of benzene rings is 1. The Morgan fingerprint density at radius 1 is 1.44 bits per heavy atom. The number of hydrogen-bond acceptors (Lipinski definition) is 2. The van der Waals surface area contributed by atoms with Gasteiger partial charge in [-0.05, 0) is 36.3 Å². The molecular weight excluding hydrogens is 310 g/mol. The van der Waals surface area contributed by atoms with Crippen molar-refractivity contribution >= 4 is 39.0 Å². The molecule has 0 amide bonds. The molecule has 0 saturated heterocycles. The summed E-state index contributed by atoms with van der Waals surface area (Å²) in [5, 5.41) is 7.77. The van der Waals surface area contributed by atoms with Gasteiger partial charge in [-0.15, -0.1) is 6.58 Å². The second-order valence-corrected chi connectivity index (χ2v) is 4.85. The molecule has 5 heteroatoms. The fraction of sp³-hybridized carbons (Fsp3) is 0.231. The smallest absolute Gasteiger partial charge is 0.187 e. The standard InChI is InChI=1S/C13H16BrN3S/c1-3-9-15-13(18)17-16-12(4-2)10-5-7-11(14)8-6-10/h3,5-8H,1,4,9H2,2H3,(H2,15,17,18)/b16-12-. The highest BCUT2D eigenvalue weighted by Gasteiger charge is 2.01. The molecule has 18 heavy (non-hydrogen) atoms. The molecule has 0 aliphatic heterocycles. The van der Waals surface area contributed by atoms with Gasteiger partial charge in [-0.25, -0.2) is 0 Å². The molecule has 0 fully saturated rings. The molecule has 0 aromatic heterocycles. The Bertz CT molecular complexity index is 440. The van der Waals surface area contributed by atoms with E-state index in [0.717, 1.165) is 22.2 Å². The van der Waals surface area contributed by atoms with Crippen molar-refractivity contribution in [3.63, 3.8) is 0 Å². The maximum atomic E-state index is 5.07. The highest BCUT2D eigenvalue weighted by molar-refractivity contribution is 9.10. The predicted molar refractivity (Wildman–Crippen MR) is 84.9 cm³/mol. The quantitative estimate of drug-likeness (QED) is 0.378. The Labute approximate surface area is 121 Å². The zero-order chi connectivity index (χ0) is 13.4. The van der Waals surface area contributed by atoms with Crippen LogP contribution in [0.5, 0.6) is 0 Å². The average molecular weight is 326 g/mol. The minimum Gasteiger partial charge on any atom is -0.358 e. The van der Waals surface area contributed by atoms with Gasteiger partial charge in [-0.3, -0.25) is 5.43 Å². The second-order valence-electron chi connectivity index (χ2n) is 3.53. The first-order valence-electron chi connectivity index (χ1n) is 5.64. The zero-order valence-electron chi connectivity index (χ0n) is 10.2. The highest BCUT2D eigenvalue weighted by atomic mass is 79.9. The first kappa shape index (κ1) is 14.9. The molecule has 1 rings (SSSR count). The number of nitrogens with one attached hydrogen (secondary N) is 2. The summed E-state index contributed by atoms with van der Waals surface area (Å²) in [6, 6.07) is 8.03. The lowest BCUT2D eigenvalue weighted by molar-refractivity contribution is 0.931. The van der Waals surface area contributed by atoms with Crippen LogP contribution in [0.25, 0.3) is 0 Å². The van der Waals surface area contributed by atoms with E-state index in [4.69, 9.17) is 12.2 Å². The predicted octanol–water partition coefficient (Wildman–Crippen LogP) is 3.21. The van der Waals surface area contributed by atoms with Gasteiger partial charge in [-0.2, -0.15) is 5.10 Å². The van der Waals surface area contributed by atoms with Crippen LogP contribution >= 0.6 is 28.1 Å². The molecule has 0 aliphatic carbocycles. The first-order chi connectivity index (χ1) is 8.67. The molecule has 3 nitrogen and oxygen atoms in total. The third-order valence-corrected chi connectivity index (χ3v) is 2.98. The third-order valence-electron chi connectivity index (χ3n) is 2.21. The monoisotopic (exact) mass is 325 g/mol. The van der Waals surface area contributed by atoms with Crippen LogP contribution in [0, 0.1) is 0 Å². The summed E-state index contributed by atoms with van der Waals surface area (Å²) in [6.07, 6.45) is 2.58. The van der Waals surface area contributed by atoms with Crippen LogP contribution in [0.4, 0.5) is 0 Å². The fourth-order valence-electron chi connectivity index (χ4n) is 1.31. The molecule has 0 atom stereocenters. The number of hydrazone groups is 1. The molecule has 96 valence electrons. The molecule has 0 radical (unpaired) electrons. The van der Waals surface area contributed by atoms with E-state index < -0.39 is 0 Å². The minimum absolute atomic E-state index is 0.498. The fourth-order valence-corrected chi connectivity index (χ4v) is 1.71. The number of halogens is 1. The Hall–Kier alpha value is -1.20. The van der Waals surface area contributed by atoms with E-state index >= 15 is 0 Å². The SMILES string of the molecule is C=CCNC(=S)N/N=C(/CC)c1ccc(Br)cc1. The van der Waals surface area contributed by atoms with Gasteiger partial charge in [0.15, 0.2) is 5.11 Å². The maximum absolute atomic E-state index is 5.07. The molecule has 1 aromatic carbocycles. The van der Waals surface area contributed by atoms with E-state index in [9.17, 15) is 0 Å². The van der Waals surface area contributed by atoms with Crippen molar-refractivity contribution in [1.29, 1.82) is 0 Å². The molecule has 0 unspecified atom stereocenters. The van der Waals surface area contributed by atoms with Crippen LogP contribution in [0.3, 0.4) is 0 Å². The van der Waals surface area contributed by atoms with E-state index in [0.29, 0.717) is 11.7 Å². The van der Waals surface area contributed by atoms with Crippen LogP contribution in [-0.2, 0) is 0 Å². The van der Waals surface area contributed by atoms with Crippen LogP contribution in [0.15, 0.2) is 46.5 Å².